The molecule has 0 amide bonds. The van der Waals surface area contributed by atoms with E-state index in [1.807, 2.05) is 33.2 Å². The number of methoxy groups -OCH3 is 1. The Morgan fingerprint density at radius 3 is 2.68 bits per heavy atom. The lowest BCUT2D eigenvalue weighted by Gasteiger charge is -2.20. The second kappa shape index (κ2) is 7.91. The van der Waals surface area contributed by atoms with Crippen LogP contribution in [-0.2, 0) is 4.74 Å². The zero-order valence-corrected chi connectivity index (χ0v) is 16.1. The van der Waals surface area contributed by atoms with E-state index in [2.05, 4.69) is 20.3 Å². The maximum atomic E-state index is 12.6. The van der Waals surface area contributed by atoms with E-state index in [4.69, 9.17) is 4.74 Å². The quantitative estimate of drug-likeness (QED) is 0.658. The van der Waals surface area contributed by atoms with E-state index in [0.29, 0.717) is 28.5 Å². The number of pyridine rings is 3. The molecule has 0 radical (unpaired) electrons. The van der Waals surface area contributed by atoms with E-state index in [-0.39, 0.29) is 11.1 Å². The summed E-state index contributed by atoms with van der Waals surface area (Å²) in [5.74, 6) is 0.0565. The van der Waals surface area contributed by atoms with Crippen LogP contribution in [0, 0.1) is 6.92 Å². The second-order valence-electron chi connectivity index (χ2n) is 6.37. The number of hydrogen-bond donors (Lipinski definition) is 2. The number of anilines is 3. The number of aromatic nitrogens is 3. The Hall–Kier alpha value is -3.68. The van der Waals surface area contributed by atoms with Crippen LogP contribution >= 0.6 is 0 Å². The van der Waals surface area contributed by atoms with Crippen LogP contribution in [0.1, 0.15) is 16.1 Å². The zero-order valence-electron chi connectivity index (χ0n) is 16.1. The predicted molar refractivity (Wildman–Crippen MR) is 108 cm³/mol. The number of ether oxygens (including phenoxy) is 1. The summed E-state index contributed by atoms with van der Waals surface area (Å²) in [5.41, 5.74) is 2.96. The minimum absolute atomic E-state index is 0.254. The Kier molecular flexibility index (Phi) is 5.39. The Labute approximate surface area is 162 Å². The number of esters is 1. The Morgan fingerprint density at radius 1 is 1.21 bits per heavy atom. The van der Waals surface area contributed by atoms with Crippen molar-refractivity contribution >= 4 is 23.2 Å². The van der Waals surface area contributed by atoms with Gasteiger partial charge in [-0.3, -0.25) is 14.8 Å². The van der Waals surface area contributed by atoms with Crippen molar-refractivity contribution in [1.82, 2.24) is 15.0 Å². The molecule has 0 atom stereocenters. The van der Waals surface area contributed by atoms with Gasteiger partial charge in [0.1, 0.15) is 11.4 Å². The summed E-state index contributed by atoms with van der Waals surface area (Å²) >= 11 is 0. The topological polar surface area (TPSA) is 100 Å². The fraction of sp³-hybridized carbons (Fsp3) is 0.200. The average molecular weight is 379 g/mol. The molecule has 3 heterocycles. The molecule has 0 aliphatic carbocycles. The van der Waals surface area contributed by atoms with Crippen molar-refractivity contribution in [3.05, 3.63) is 64.3 Å². The van der Waals surface area contributed by atoms with Gasteiger partial charge >= 0.3 is 5.97 Å². The molecule has 28 heavy (non-hydrogen) atoms. The van der Waals surface area contributed by atoms with Gasteiger partial charge in [-0.2, -0.15) is 0 Å². The first kappa shape index (κ1) is 19.1. The van der Waals surface area contributed by atoms with Gasteiger partial charge < -0.3 is 19.9 Å². The van der Waals surface area contributed by atoms with Gasteiger partial charge in [-0.25, -0.2) is 4.79 Å². The monoisotopic (exact) mass is 379 g/mol. The van der Waals surface area contributed by atoms with Crippen LogP contribution in [0.15, 0.2) is 47.5 Å². The fourth-order valence-electron chi connectivity index (χ4n) is 2.77. The summed E-state index contributed by atoms with van der Waals surface area (Å²) in [7, 11) is 4.94. The van der Waals surface area contributed by atoms with E-state index in [0.717, 1.165) is 5.69 Å². The number of aromatic amines is 1. The van der Waals surface area contributed by atoms with Gasteiger partial charge in [0, 0.05) is 32.2 Å². The van der Waals surface area contributed by atoms with Crippen LogP contribution in [-0.4, -0.2) is 42.1 Å². The van der Waals surface area contributed by atoms with Crippen LogP contribution in [0.25, 0.3) is 11.3 Å². The Bertz CT molecular complexity index is 1080. The third-order valence-corrected chi connectivity index (χ3v) is 4.13. The van der Waals surface area contributed by atoms with Gasteiger partial charge in [0.25, 0.3) is 5.56 Å². The predicted octanol–water partition coefficient (Wildman–Crippen LogP) is 2.74. The van der Waals surface area contributed by atoms with Crippen molar-refractivity contribution in [1.29, 1.82) is 0 Å². The highest BCUT2D eigenvalue weighted by atomic mass is 16.5. The summed E-state index contributed by atoms with van der Waals surface area (Å²) in [6.45, 7) is 1.87. The van der Waals surface area contributed by atoms with Gasteiger partial charge in [-0.1, -0.05) is 6.07 Å². The molecule has 0 aliphatic heterocycles. The number of rotatable bonds is 5. The molecule has 0 spiro atoms. The van der Waals surface area contributed by atoms with Crippen LogP contribution < -0.4 is 15.8 Å². The molecule has 0 aliphatic rings. The van der Waals surface area contributed by atoms with Gasteiger partial charge in [-0.15, -0.1) is 0 Å². The number of carbonyl (C=O) groups is 1. The van der Waals surface area contributed by atoms with Crippen molar-refractivity contribution < 1.29 is 9.53 Å². The third kappa shape index (κ3) is 3.85. The van der Waals surface area contributed by atoms with E-state index >= 15 is 0 Å². The molecular formula is C20H21N5O3. The lowest BCUT2D eigenvalue weighted by Crippen LogP contribution is -2.20. The highest BCUT2D eigenvalue weighted by Gasteiger charge is 2.17. The molecule has 2 N–H and O–H groups in total. The van der Waals surface area contributed by atoms with Crippen LogP contribution in [0.5, 0.6) is 0 Å². The van der Waals surface area contributed by atoms with Gasteiger partial charge in [-0.05, 0) is 31.2 Å². The normalized spacial score (nSPS) is 10.4. The molecule has 0 fully saturated rings. The molecule has 8 nitrogen and oxygen atoms in total. The van der Waals surface area contributed by atoms with Gasteiger partial charge in [0.2, 0.25) is 0 Å². The van der Waals surface area contributed by atoms with Crippen molar-refractivity contribution in [3.63, 3.8) is 0 Å². The number of nitrogens with one attached hydrogen (secondary N) is 2. The molecule has 3 rings (SSSR count). The molecule has 144 valence electrons. The number of aryl methyl sites for hydroxylation is 1. The first-order chi connectivity index (χ1) is 13.4. The minimum Gasteiger partial charge on any atom is -0.465 e. The molecule has 3 aromatic rings. The third-order valence-electron chi connectivity index (χ3n) is 4.13. The molecule has 0 aromatic carbocycles. The van der Waals surface area contributed by atoms with Crippen LogP contribution in [0.2, 0.25) is 0 Å². The molecule has 0 saturated carbocycles. The smallest absolute Gasteiger partial charge is 0.341 e. The maximum absolute atomic E-state index is 12.6. The number of hydrogen-bond acceptors (Lipinski definition) is 7. The number of carbonyl (C=O) groups excluding carboxylic acids is 1. The Morgan fingerprint density at radius 2 is 2.00 bits per heavy atom. The standard InChI is InChI=1S/C20H21N5O3/c1-12-6-5-7-15(22-12)13-10-17(18(25(2)3)24-19(13)26)23-16-8-9-21-11-14(16)20(27)28-4/h5-11H,1-4H3,(H,21,23)(H,24,26). The summed E-state index contributed by atoms with van der Waals surface area (Å²) in [6, 6.07) is 8.88. The van der Waals surface area contributed by atoms with Gasteiger partial charge in [0.05, 0.1) is 29.7 Å². The van der Waals surface area contributed by atoms with E-state index in [9.17, 15) is 9.59 Å². The SMILES string of the molecule is COC(=O)c1cnccc1Nc1cc(-c2cccc(C)n2)c(=O)[nH]c1N(C)C. The molecular weight excluding hydrogens is 358 g/mol. The van der Waals surface area contributed by atoms with Crippen molar-refractivity contribution in [2.45, 2.75) is 6.92 Å². The van der Waals surface area contributed by atoms with Crippen molar-refractivity contribution in [2.75, 3.05) is 31.4 Å². The lowest BCUT2D eigenvalue weighted by atomic mass is 10.1. The second-order valence-corrected chi connectivity index (χ2v) is 6.37. The lowest BCUT2D eigenvalue weighted by molar-refractivity contribution is 0.0601. The summed E-state index contributed by atoms with van der Waals surface area (Å²) in [5, 5.41) is 3.21. The van der Waals surface area contributed by atoms with Crippen LogP contribution in [0.3, 0.4) is 0 Å². The van der Waals surface area contributed by atoms with Crippen LogP contribution in [0.4, 0.5) is 17.2 Å². The molecule has 0 saturated heterocycles. The molecule has 3 aromatic heterocycles. The van der Waals surface area contributed by atoms with E-state index < -0.39 is 5.97 Å². The maximum Gasteiger partial charge on any atom is 0.341 e. The number of nitrogens with zero attached hydrogens (tertiary/aromatic N) is 3. The van der Waals surface area contributed by atoms with Crippen molar-refractivity contribution in [3.8, 4) is 11.3 Å². The summed E-state index contributed by atoms with van der Waals surface area (Å²) in [4.78, 5) is 37.8. The molecule has 0 bridgehead atoms. The minimum atomic E-state index is -0.507. The van der Waals surface area contributed by atoms with Crippen molar-refractivity contribution in [2.24, 2.45) is 0 Å². The largest absolute Gasteiger partial charge is 0.465 e. The molecule has 8 heteroatoms. The first-order valence-corrected chi connectivity index (χ1v) is 8.58. The average Bonchev–Trinajstić information content (AvgIpc) is 2.68. The first-order valence-electron chi connectivity index (χ1n) is 8.58. The number of H-pyrrole nitrogens is 1. The highest BCUT2D eigenvalue weighted by molar-refractivity contribution is 5.96. The van der Waals surface area contributed by atoms with E-state index in [1.54, 1.807) is 29.3 Å². The summed E-state index contributed by atoms with van der Waals surface area (Å²) in [6.07, 6.45) is 3.00. The van der Waals surface area contributed by atoms with Gasteiger partial charge in [0.15, 0.2) is 0 Å². The Balaban J connectivity index is 2.14. The summed E-state index contributed by atoms with van der Waals surface area (Å²) < 4.78 is 4.82. The van der Waals surface area contributed by atoms with E-state index in [1.165, 1.54) is 13.3 Å². The zero-order chi connectivity index (χ0) is 20.3. The fourth-order valence-corrected chi connectivity index (χ4v) is 2.77. The molecule has 0 unspecified atom stereocenters. The highest BCUT2D eigenvalue weighted by Crippen LogP contribution is 2.29.